The molecule has 1 amide bonds. The molecule has 0 spiro atoms. The van der Waals surface area contributed by atoms with Gasteiger partial charge in [-0.2, -0.15) is 9.40 Å². The fraction of sp³-hybridized carbons (Fsp3) is 0.444. The summed E-state index contributed by atoms with van der Waals surface area (Å²) in [4.78, 5) is 12.6. The Kier molecular flexibility index (Phi) is 5.36. The number of hydrogen-bond acceptors (Lipinski definition) is 5. The van der Waals surface area contributed by atoms with Crippen LogP contribution in [0.25, 0.3) is 0 Å². The van der Waals surface area contributed by atoms with E-state index in [4.69, 9.17) is 4.74 Å². The van der Waals surface area contributed by atoms with Crippen molar-refractivity contribution in [1.29, 1.82) is 0 Å². The van der Waals surface area contributed by atoms with Crippen LogP contribution in [0.2, 0.25) is 0 Å². The minimum Gasteiger partial charge on any atom is -0.373 e. The van der Waals surface area contributed by atoms with Crippen LogP contribution < -0.4 is 5.32 Å². The van der Waals surface area contributed by atoms with Crippen LogP contribution >= 0.6 is 0 Å². The Morgan fingerprint density at radius 2 is 1.78 bits per heavy atom. The number of amides is 1. The Morgan fingerprint density at radius 1 is 1.19 bits per heavy atom. The quantitative estimate of drug-likeness (QED) is 0.856. The molecular formula is C18H24N4O4S. The number of rotatable bonds is 4. The van der Waals surface area contributed by atoms with E-state index in [9.17, 15) is 13.2 Å². The second-order valence-electron chi connectivity index (χ2n) is 6.85. The highest BCUT2D eigenvalue weighted by Crippen LogP contribution is 2.22. The van der Waals surface area contributed by atoms with Crippen molar-refractivity contribution >= 4 is 21.7 Å². The van der Waals surface area contributed by atoms with Gasteiger partial charge < -0.3 is 10.1 Å². The molecule has 27 heavy (non-hydrogen) atoms. The summed E-state index contributed by atoms with van der Waals surface area (Å²) >= 11 is 0. The molecule has 0 saturated carbocycles. The van der Waals surface area contributed by atoms with Crippen molar-refractivity contribution in [2.45, 2.75) is 37.9 Å². The van der Waals surface area contributed by atoms with Crippen LogP contribution in [0.1, 0.15) is 29.9 Å². The van der Waals surface area contributed by atoms with Gasteiger partial charge in [-0.3, -0.25) is 9.48 Å². The van der Waals surface area contributed by atoms with E-state index in [2.05, 4.69) is 10.4 Å². The van der Waals surface area contributed by atoms with Crippen molar-refractivity contribution in [2.75, 3.05) is 18.4 Å². The number of aromatic nitrogens is 2. The van der Waals surface area contributed by atoms with E-state index in [-0.39, 0.29) is 23.0 Å². The number of nitrogens with one attached hydrogen (secondary N) is 1. The molecule has 0 bridgehead atoms. The lowest BCUT2D eigenvalue weighted by Gasteiger charge is -2.34. The molecule has 1 aliphatic heterocycles. The van der Waals surface area contributed by atoms with E-state index < -0.39 is 10.0 Å². The normalized spacial score (nSPS) is 21.2. The highest BCUT2D eigenvalue weighted by Gasteiger charge is 2.32. The Hall–Kier alpha value is -2.23. The molecule has 0 radical (unpaired) electrons. The number of carbonyl (C=O) groups excluding carboxylic acids is 1. The van der Waals surface area contributed by atoms with E-state index in [1.807, 2.05) is 20.8 Å². The average molecular weight is 392 g/mol. The molecule has 0 aliphatic carbocycles. The fourth-order valence-electron chi connectivity index (χ4n) is 3.17. The number of anilines is 1. The Morgan fingerprint density at radius 3 is 2.30 bits per heavy atom. The number of sulfonamides is 1. The molecule has 1 aromatic carbocycles. The summed E-state index contributed by atoms with van der Waals surface area (Å²) in [6, 6.07) is 7.71. The Bertz CT molecular complexity index is 927. The lowest BCUT2D eigenvalue weighted by molar-refractivity contribution is -0.0440. The molecule has 146 valence electrons. The smallest absolute Gasteiger partial charge is 0.256 e. The van der Waals surface area contributed by atoms with Crippen LogP contribution in [0, 0.1) is 6.92 Å². The molecule has 9 heteroatoms. The molecule has 1 N–H and O–H groups in total. The summed E-state index contributed by atoms with van der Waals surface area (Å²) in [6.45, 7) is 6.17. The predicted molar refractivity (Wildman–Crippen MR) is 101 cm³/mol. The van der Waals surface area contributed by atoms with Crippen molar-refractivity contribution < 1.29 is 17.9 Å². The van der Waals surface area contributed by atoms with Gasteiger partial charge >= 0.3 is 0 Å². The SMILES string of the molecule is Cc1cc(NC(=O)c2ccc(S(=O)(=O)N3CC(C)OC(C)C3)cc2)n(C)n1. The van der Waals surface area contributed by atoms with Crippen molar-refractivity contribution in [3.05, 3.63) is 41.6 Å². The van der Waals surface area contributed by atoms with Crippen LogP contribution in [0.5, 0.6) is 0 Å². The molecule has 3 rings (SSSR count). The average Bonchev–Trinajstić information content (AvgIpc) is 2.91. The minimum absolute atomic E-state index is 0.157. The summed E-state index contributed by atoms with van der Waals surface area (Å²) < 4.78 is 34.3. The number of ether oxygens (including phenoxy) is 1. The van der Waals surface area contributed by atoms with Crippen LogP contribution in [-0.2, 0) is 21.8 Å². The number of aryl methyl sites for hydroxylation is 2. The van der Waals surface area contributed by atoms with Crippen LogP contribution in [0.15, 0.2) is 35.2 Å². The summed E-state index contributed by atoms with van der Waals surface area (Å²) in [5, 5.41) is 6.94. The van der Waals surface area contributed by atoms with Gasteiger partial charge in [0.2, 0.25) is 10.0 Å². The van der Waals surface area contributed by atoms with Gasteiger partial charge in [-0.25, -0.2) is 8.42 Å². The molecule has 1 saturated heterocycles. The Balaban J connectivity index is 1.76. The lowest BCUT2D eigenvalue weighted by atomic mass is 10.2. The highest BCUT2D eigenvalue weighted by atomic mass is 32.2. The molecule has 2 heterocycles. The van der Waals surface area contributed by atoms with E-state index in [1.54, 1.807) is 17.8 Å². The third-order valence-corrected chi connectivity index (χ3v) is 6.23. The molecule has 1 fully saturated rings. The zero-order valence-corrected chi connectivity index (χ0v) is 16.7. The molecule has 1 aromatic heterocycles. The maximum Gasteiger partial charge on any atom is 0.256 e. The van der Waals surface area contributed by atoms with Crippen molar-refractivity contribution in [3.63, 3.8) is 0 Å². The molecule has 1 aliphatic rings. The summed E-state index contributed by atoms with van der Waals surface area (Å²) in [7, 11) is -1.89. The summed E-state index contributed by atoms with van der Waals surface area (Å²) in [5.74, 6) is 0.251. The number of nitrogens with zero attached hydrogens (tertiary/aromatic N) is 3. The minimum atomic E-state index is -3.63. The number of morpholine rings is 1. The first-order valence-corrected chi connectivity index (χ1v) is 10.2. The van der Waals surface area contributed by atoms with Crippen molar-refractivity contribution in [3.8, 4) is 0 Å². The van der Waals surface area contributed by atoms with Crippen molar-refractivity contribution in [1.82, 2.24) is 14.1 Å². The van der Waals surface area contributed by atoms with E-state index in [0.717, 1.165) is 5.69 Å². The van der Waals surface area contributed by atoms with Crippen LogP contribution in [-0.4, -0.2) is 53.7 Å². The van der Waals surface area contributed by atoms with Gasteiger partial charge in [-0.15, -0.1) is 0 Å². The molecule has 2 aromatic rings. The molecular weight excluding hydrogens is 368 g/mol. The monoisotopic (exact) mass is 392 g/mol. The maximum absolute atomic E-state index is 12.9. The third-order valence-electron chi connectivity index (χ3n) is 4.38. The second kappa shape index (κ2) is 7.41. The predicted octanol–water partition coefficient (Wildman–Crippen LogP) is 1.78. The number of carbonyl (C=O) groups is 1. The number of benzene rings is 1. The topological polar surface area (TPSA) is 93.5 Å². The van der Waals surface area contributed by atoms with Gasteiger partial charge in [-0.1, -0.05) is 0 Å². The molecule has 2 unspecified atom stereocenters. The first-order chi connectivity index (χ1) is 12.7. The van der Waals surface area contributed by atoms with Crippen LogP contribution in [0.3, 0.4) is 0 Å². The van der Waals surface area contributed by atoms with Gasteiger partial charge in [0, 0.05) is 31.8 Å². The zero-order chi connectivity index (χ0) is 19.8. The molecule has 2 atom stereocenters. The summed E-state index contributed by atoms with van der Waals surface area (Å²) in [5.41, 5.74) is 1.17. The largest absolute Gasteiger partial charge is 0.373 e. The Labute approximate surface area is 159 Å². The molecule has 8 nitrogen and oxygen atoms in total. The van der Waals surface area contributed by atoms with Gasteiger partial charge in [0.1, 0.15) is 5.82 Å². The van der Waals surface area contributed by atoms with Gasteiger partial charge in [-0.05, 0) is 45.0 Å². The summed E-state index contributed by atoms with van der Waals surface area (Å²) in [6.07, 6.45) is -0.313. The van der Waals surface area contributed by atoms with Gasteiger partial charge in [0.25, 0.3) is 5.91 Å². The van der Waals surface area contributed by atoms with Gasteiger partial charge in [0.15, 0.2) is 0 Å². The fourth-order valence-corrected chi connectivity index (χ4v) is 4.76. The second-order valence-corrected chi connectivity index (χ2v) is 8.79. The first kappa shape index (κ1) is 19.5. The third kappa shape index (κ3) is 4.20. The highest BCUT2D eigenvalue weighted by molar-refractivity contribution is 7.89. The van der Waals surface area contributed by atoms with E-state index in [1.165, 1.54) is 28.6 Å². The maximum atomic E-state index is 12.9. The lowest BCUT2D eigenvalue weighted by Crippen LogP contribution is -2.48. The number of hydrogen-bond donors (Lipinski definition) is 1. The van der Waals surface area contributed by atoms with Gasteiger partial charge in [0.05, 0.1) is 22.8 Å². The zero-order valence-electron chi connectivity index (χ0n) is 15.8. The van der Waals surface area contributed by atoms with E-state index >= 15 is 0 Å². The first-order valence-electron chi connectivity index (χ1n) is 8.74. The van der Waals surface area contributed by atoms with E-state index in [0.29, 0.717) is 24.5 Å². The van der Waals surface area contributed by atoms with Crippen LogP contribution in [0.4, 0.5) is 5.82 Å². The standard InChI is InChI=1S/C18H24N4O4S/c1-12-9-17(21(4)20-12)19-18(23)15-5-7-16(8-6-15)27(24,25)22-10-13(2)26-14(3)11-22/h5-9,13-14H,10-11H2,1-4H3,(H,19,23). The van der Waals surface area contributed by atoms with Crippen molar-refractivity contribution in [2.24, 2.45) is 7.05 Å².